The summed E-state index contributed by atoms with van der Waals surface area (Å²) in [5.74, 6) is -0.313. The highest BCUT2D eigenvalue weighted by atomic mass is 16.4. The van der Waals surface area contributed by atoms with Gasteiger partial charge in [0.1, 0.15) is 17.9 Å². The van der Waals surface area contributed by atoms with Crippen LogP contribution >= 0.6 is 0 Å². The van der Waals surface area contributed by atoms with Crippen molar-refractivity contribution in [3.05, 3.63) is 54.4 Å². The number of fused-ring (bicyclic) bond motifs is 1. The van der Waals surface area contributed by atoms with E-state index in [0.29, 0.717) is 22.4 Å². The summed E-state index contributed by atoms with van der Waals surface area (Å²) in [5, 5.41) is 22.2. The summed E-state index contributed by atoms with van der Waals surface area (Å²) in [6.07, 6.45) is 1.36. The second-order valence-electron chi connectivity index (χ2n) is 4.43. The van der Waals surface area contributed by atoms with E-state index in [1.807, 2.05) is 0 Å². The van der Waals surface area contributed by atoms with E-state index in [4.69, 9.17) is 5.11 Å². The van der Waals surface area contributed by atoms with Crippen LogP contribution in [0.25, 0.3) is 10.9 Å². The van der Waals surface area contributed by atoms with Crippen LogP contribution in [0.5, 0.6) is 5.75 Å². The molecular weight excluding hydrogens is 270 g/mol. The smallest absolute Gasteiger partial charge is 0.335 e. The highest BCUT2D eigenvalue weighted by Gasteiger charge is 2.08. The van der Waals surface area contributed by atoms with Crippen molar-refractivity contribution in [1.29, 1.82) is 0 Å². The Hall–Kier alpha value is -3.15. The van der Waals surface area contributed by atoms with Gasteiger partial charge < -0.3 is 15.5 Å². The quantitative estimate of drug-likeness (QED) is 0.683. The number of benzene rings is 2. The third-order valence-electron chi connectivity index (χ3n) is 2.99. The average Bonchev–Trinajstić information content (AvgIpc) is 2.47. The van der Waals surface area contributed by atoms with E-state index in [2.05, 4.69) is 15.3 Å². The topological polar surface area (TPSA) is 95.3 Å². The standard InChI is InChI=1S/C15H11N3O3/c19-11-3-1-2-10(7-11)18-14-12-5-4-9(15(20)21)6-13(12)16-8-17-14/h1-8,19H,(H,20,21)(H,16,17,18). The summed E-state index contributed by atoms with van der Waals surface area (Å²) in [6.45, 7) is 0. The summed E-state index contributed by atoms with van der Waals surface area (Å²) >= 11 is 0. The molecule has 0 aliphatic rings. The molecule has 3 aromatic rings. The second kappa shape index (κ2) is 5.09. The number of anilines is 2. The number of nitrogens with one attached hydrogen (secondary N) is 1. The molecule has 0 aliphatic carbocycles. The minimum Gasteiger partial charge on any atom is -0.508 e. The van der Waals surface area contributed by atoms with Crippen LogP contribution < -0.4 is 5.32 Å². The van der Waals surface area contributed by atoms with Crippen LogP contribution in [0.2, 0.25) is 0 Å². The predicted molar refractivity (Wildman–Crippen MR) is 77.9 cm³/mol. The van der Waals surface area contributed by atoms with Crippen LogP contribution in [-0.2, 0) is 0 Å². The third-order valence-corrected chi connectivity index (χ3v) is 2.99. The first-order valence-corrected chi connectivity index (χ1v) is 6.17. The highest BCUT2D eigenvalue weighted by Crippen LogP contribution is 2.25. The number of aromatic carboxylic acids is 1. The largest absolute Gasteiger partial charge is 0.508 e. The van der Waals surface area contributed by atoms with E-state index < -0.39 is 5.97 Å². The lowest BCUT2D eigenvalue weighted by molar-refractivity contribution is 0.0697. The first-order valence-electron chi connectivity index (χ1n) is 6.17. The van der Waals surface area contributed by atoms with Crippen molar-refractivity contribution in [3.63, 3.8) is 0 Å². The molecule has 0 radical (unpaired) electrons. The minimum absolute atomic E-state index is 0.145. The predicted octanol–water partition coefficient (Wildman–Crippen LogP) is 2.78. The Bertz CT molecular complexity index is 833. The van der Waals surface area contributed by atoms with Crippen LogP contribution in [0.1, 0.15) is 10.4 Å². The number of phenols is 1. The van der Waals surface area contributed by atoms with Gasteiger partial charge in [-0.15, -0.1) is 0 Å². The van der Waals surface area contributed by atoms with Crippen molar-refractivity contribution in [3.8, 4) is 5.75 Å². The molecule has 6 nitrogen and oxygen atoms in total. The van der Waals surface area contributed by atoms with Crippen molar-refractivity contribution in [2.45, 2.75) is 0 Å². The lowest BCUT2D eigenvalue weighted by Crippen LogP contribution is -1.99. The summed E-state index contributed by atoms with van der Waals surface area (Å²) in [6, 6.07) is 11.3. The molecule has 21 heavy (non-hydrogen) atoms. The van der Waals surface area contributed by atoms with Gasteiger partial charge in [-0.2, -0.15) is 0 Å². The molecule has 0 unspecified atom stereocenters. The molecule has 3 rings (SSSR count). The molecular formula is C15H11N3O3. The van der Waals surface area contributed by atoms with Crippen LogP contribution in [0, 0.1) is 0 Å². The molecule has 2 aromatic carbocycles. The van der Waals surface area contributed by atoms with Gasteiger partial charge in [-0.05, 0) is 30.3 Å². The Labute approximate surface area is 119 Å². The Kier molecular flexibility index (Phi) is 3.12. The summed E-state index contributed by atoms with van der Waals surface area (Å²) in [4.78, 5) is 19.2. The molecule has 0 aliphatic heterocycles. The maximum atomic E-state index is 11.0. The number of carboxylic acid groups (broad SMARTS) is 1. The van der Waals surface area contributed by atoms with E-state index in [1.54, 1.807) is 30.3 Å². The number of aromatic hydroxyl groups is 1. The monoisotopic (exact) mass is 281 g/mol. The van der Waals surface area contributed by atoms with Crippen LogP contribution in [0.3, 0.4) is 0 Å². The van der Waals surface area contributed by atoms with Crippen molar-refractivity contribution >= 4 is 28.4 Å². The lowest BCUT2D eigenvalue weighted by Gasteiger charge is -2.08. The van der Waals surface area contributed by atoms with Gasteiger partial charge in [-0.25, -0.2) is 14.8 Å². The summed E-state index contributed by atoms with van der Waals surface area (Å²) in [5.41, 5.74) is 1.38. The first kappa shape index (κ1) is 12.9. The molecule has 1 aromatic heterocycles. The number of phenolic OH excluding ortho intramolecular Hbond substituents is 1. The highest BCUT2D eigenvalue weighted by molar-refractivity contribution is 5.97. The third kappa shape index (κ3) is 2.59. The zero-order valence-electron chi connectivity index (χ0n) is 10.8. The molecule has 0 atom stereocenters. The fourth-order valence-electron chi connectivity index (χ4n) is 2.01. The molecule has 0 bridgehead atoms. The van der Waals surface area contributed by atoms with Crippen LogP contribution in [-0.4, -0.2) is 26.2 Å². The fourth-order valence-corrected chi connectivity index (χ4v) is 2.01. The molecule has 0 spiro atoms. The maximum Gasteiger partial charge on any atom is 0.335 e. The van der Waals surface area contributed by atoms with Gasteiger partial charge in [0.25, 0.3) is 0 Å². The first-order chi connectivity index (χ1) is 10.1. The number of carbonyl (C=O) groups is 1. The van der Waals surface area contributed by atoms with Crippen LogP contribution in [0.15, 0.2) is 48.8 Å². The summed E-state index contributed by atoms with van der Waals surface area (Å²) in [7, 11) is 0. The van der Waals surface area contributed by atoms with E-state index in [0.717, 1.165) is 0 Å². The zero-order chi connectivity index (χ0) is 14.8. The van der Waals surface area contributed by atoms with Gasteiger partial charge >= 0.3 is 5.97 Å². The van der Waals surface area contributed by atoms with Gasteiger partial charge in [-0.3, -0.25) is 0 Å². The van der Waals surface area contributed by atoms with E-state index in [1.165, 1.54) is 18.5 Å². The van der Waals surface area contributed by atoms with Gasteiger partial charge in [0.05, 0.1) is 11.1 Å². The normalized spacial score (nSPS) is 10.5. The van der Waals surface area contributed by atoms with Gasteiger partial charge in [-0.1, -0.05) is 6.07 Å². The second-order valence-corrected chi connectivity index (χ2v) is 4.43. The summed E-state index contributed by atoms with van der Waals surface area (Å²) < 4.78 is 0. The Balaban J connectivity index is 2.05. The Morgan fingerprint density at radius 1 is 1.10 bits per heavy atom. The van der Waals surface area contributed by atoms with Crippen molar-refractivity contribution in [1.82, 2.24) is 9.97 Å². The molecule has 3 N–H and O–H groups in total. The van der Waals surface area contributed by atoms with Gasteiger partial charge in [0.2, 0.25) is 0 Å². The molecule has 0 saturated heterocycles. The number of aromatic nitrogens is 2. The average molecular weight is 281 g/mol. The van der Waals surface area contributed by atoms with E-state index >= 15 is 0 Å². The Morgan fingerprint density at radius 2 is 1.95 bits per heavy atom. The van der Waals surface area contributed by atoms with E-state index in [-0.39, 0.29) is 11.3 Å². The SMILES string of the molecule is O=C(O)c1ccc2c(Nc3cccc(O)c3)ncnc2c1. The lowest BCUT2D eigenvalue weighted by atomic mass is 10.1. The number of hydrogen-bond donors (Lipinski definition) is 3. The fraction of sp³-hybridized carbons (Fsp3) is 0. The van der Waals surface area contributed by atoms with Crippen molar-refractivity contribution in [2.75, 3.05) is 5.32 Å². The molecule has 0 saturated carbocycles. The molecule has 0 fully saturated rings. The molecule has 0 amide bonds. The van der Waals surface area contributed by atoms with Gasteiger partial charge in [0, 0.05) is 17.1 Å². The number of carboxylic acids is 1. The minimum atomic E-state index is -1.00. The van der Waals surface area contributed by atoms with Crippen molar-refractivity contribution in [2.24, 2.45) is 0 Å². The number of rotatable bonds is 3. The molecule has 6 heteroatoms. The van der Waals surface area contributed by atoms with E-state index in [9.17, 15) is 9.90 Å². The molecule has 104 valence electrons. The maximum absolute atomic E-state index is 11.0. The number of nitrogens with zero attached hydrogens (tertiary/aromatic N) is 2. The zero-order valence-corrected chi connectivity index (χ0v) is 10.8. The molecule has 1 heterocycles. The Morgan fingerprint density at radius 3 is 2.71 bits per heavy atom. The van der Waals surface area contributed by atoms with Crippen molar-refractivity contribution < 1.29 is 15.0 Å². The van der Waals surface area contributed by atoms with Crippen LogP contribution in [0.4, 0.5) is 11.5 Å². The number of hydrogen-bond acceptors (Lipinski definition) is 5. The van der Waals surface area contributed by atoms with Gasteiger partial charge in [0.15, 0.2) is 0 Å².